The number of carboxylic acid groups (broad SMARTS) is 1. The monoisotopic (exact) mass is 199 g/mol. The van der Waals surface area contributed by atoms with Gasteiger partial charge in [-0.2, -0.15) is 0 Å². The van der Waals surface area contributed by atoms with Crippen LogP contribution in [0.25, 0.3) is 0 Å². The van der Waals surface area contributed by atoms with E-state index in [1.54, 1.807) is 19.9 Å². The average molecular weight is 199 g/mol. The van der Waals surface area contributed by atoms with E-state index in [1.165, 1.54) is 4.90 Å². The van der Waals surface area contributed by atoms with Crippen LogP contribution < -0.4 is 0 Å². The fourth-order valence-corrected chi connectivity index (χ4v) is 1.13. The van der Waals surface area contributed by atoms with Gasteiger partial charge in [-0.15, -0.1) is 0 Å². The molecule has 1 amide bonds. The predicted octanol–water partition coefficient (Wildman–Crippen LogP) is 1.28. The molecule has 80 valence electrons. The summed E-state index contributed by atoms with van der Waals surface area (Å²) in [5.74, 6) is -1.18. The summed E-state index contributed by atoms with van der Waals surface area (Å²) in [6, 6.07) is 0. The van der Waals surface area contributed by atoms with Crippen LogP contribution in [0.15, 0.2) is 11.6 Å². The maximum absolute atomic E-state index is 11.6. The molecule has 0 aliphatic rings. The van der Waals surface area contributed by atoms with Crippen LogP contribution in [0.3, 0.4) is 0 Å². The molecule has 0 fully saturated rings. The molecular formula is C10H17NO3. The standard InChI is InChI=1S/C10H17NO3/c1-4-6-8(3)10(14)11(5-2)7-9(12)13/h6H,4-5,7H2,1-3H3,(H,12,13)/b8-6+. The van der Waals surface area contributed by atoms with Gasteiger partial charge in [0.05, 0.1) is 0 Å². The van der Waals surface area contributed by atoms with Gasteiger partial charge in [0, 0.05) is 12.1 Å². The first kappa shape index (κ1) is 12.7. The Labute approximate surface area is 84.2 Å². The molecule has 0 spiro atoms. The second-order valence-electron chi connectivity index (χ2n) is 3.01. The molecule has 0 aliphatic heterocycles. The lowest BCUT2D eigenvalue weighted by atomic mass is 10.2. The van der Waals surface area contributed by atoms with Crippen LogP contribution in [-0.2, 0) is 9.59 Å². The van der Waals surface area contributed by atoms with Crippen molar-refractivity contribution in [1.29, 1.82) is 0 Å². The Balaban J connectivity index is 4.45. The second kappa shape index (κ2) is 6.18. The van der Waals surface area contributed by atoms with Gasteiger partial charge < -0.3 is 10.0 Å². The molecule has 4 nitrogen and oxygen atoms in total. The average Bonchev–Trinajstić information content (AvgIpc) is 2.13. The quantitative estimate of drug-likeness (QED) is 0.678. The summed E-state index contributed by atoms with van der Waals surface area (Å²) in [7, 11) is 0. The van der Waals surface area contributed by atoms with Gasteiger partial charge in [-0.3, -0.25) is 9.59 Å². The number of nitrogens with zero attached hydrogens (tertiary/aromatic N) is 1. The van der Waals surface area contributed by atoms with Crippen molar-refractivity contribution in [2.45, 2.75) is 27.2 Å². The third kappa shape index (κ3) is 4.07. The maximum atomic E-state index is 11.6. The van der Waals surface area contributed by atoms with Gasteiger partial charge in [0.2, 0.25) is 5.91 Å². The Morgan fingerprint density at radius 3 is 2.29 bits per heavy atom. The van der Waals surface area contributed by atoms with Crippen LogP contribution in [0.1, 0.15) is 27.2 Å². The molecule has 0 atom stereocenters. The number of amides is 1. The number of aliphatic carboxylic acids is 1. The lowest BCUT2D eigenvalue weighted by Crippen LogP contribution is -2.35. The zero-order valence-electron chi connectivity index (χ0n) is 8.91. The van der Waals surface area contributed by atoms with E-state index in [0.29, 0.717) is 12.1 Å². The molecule has 0 aromatic rings. The molecule has 0 aliphatic carbocycles. The number of carboxylic acids is 1. The minimum absolute atomic E-state index is 0.197. The number of carbonyl (C=O) groups excluding carboxylic acids is 1. The van der Waals surface area contributed by atoms with E-state index < -0.39 is 5.97 Å². The Morgan fingerprint density at radius 1 is 1.36 bits per heavy atom. The first-order valence-corrected chi connectivity index (χ1v) is 4.70. The van der Waals surface area contributed by atoms with Gasteiger partial charge in [-0.1, -0.05) is 13.0 Å². The molecule has 0 unspecified atom stereocenters. The molecule has 0 saturated heterocycles. The van der Waals surface area contributed by atoms with Crippen molar-refractivity contribution in [3.8, 4) is 0 Å². The minimum atomic E-state index is -0.982. The van der Waals surface area contributed by atoms with Crippen LogP contribution >= 0.6 is 0 Å². The molecule has 0 radical (unpaired) electrons. The molecule has 1 N–H and O–H groups in total. The largest absolute Gasteiger partial charge is 0.480 e. The van der Waals surface area contributed by atoms with Crippen LogP contribution in [0.2, 0.25) is 0 Å². The van der Waals surface area contributed by atoms with Crippen molar-refractivity contribution < 1.29 is 14.7 Å². The number of hydrogen-bond donors (Lipinski definition) is 1. The van der Waals surface area contributed by atoms with E-state index in [2.05, 4.69) is 0 Å². The Bertz CT molecular complexity index is 246. The summed E-state index contributed by atoms with van der Waals surface area (Å²) < 4.78 is 0. The van der Waals surface area contributed by atoms with E-state index in [-0.39, 0.29) is 12.5 Å². The fraction of sp³-hybridized carbons (Fsp3) is 0.600. The topological polar surface area (TPSA) is 57.6 Å². The Kier molecular flexibility index (Phi) is 5.60. The van der Waals surface area contributed by atoms with E-state index >= 15 is 0 Å². The third-order valence-corrected chi connectivity index (χ3v) is 1.84. The summed E-state index contributed by atoms with van der Waals surface area (Å²) in [6.07, 6.45) is 2.58. The molecule has 0 aromatic heterocycles. The van der Waals surface area contributed by atoms with Gasteiger partial charge in [0.15, 0.2) is 0 Å². The van der Waals surface area contributed by atoms with Crippen molar-refractivity contribution >= 4 is 11.9 Å². The van der Waals surface area contributed by atoms with Crippen molar-refractivity contribution in [2.75, 3.05) is 13.1 Å². The van der Waals surface area contributed by atoms with Gasteiger partial charge in [-0.05, 0) is 20.3 Å². The Hall–Kier alpha value is -1.32. The zero-order chi connectivity index (χ0) is 11.1. The van der Waals surface area contributed by atoms with E-state index in [4.69, 9.17) is 5.11 Å². The van der Waals surface area contributed by atoms with Gasteiger partial charge in [-0.25, -0.2) is 0 Å². The SMILES string of the molecule is CC/C=C(\C)C(=O)N(CC)CC(=O)O. The van der Waals surface area contributed by atoms with Gasteiger partial charge in [0.1, 0.15) is 6.54 Å². The number of carbonyl (C=O) groups is 2. The molecule has 0 bridgehead atoms. The maximum Gasteiger partial charge on any atom is 0.323 e. The second-order valence-corrected chi connectivity index (χ2v) is 3.01. The summed E-state index contributed by atoms with van der Waals surface area (Å²) >= 11 is 0. The zero-order valence-corrected chi connectivity index (χ0v) is 8.91. The van der Waals surface area contributed by atoms with Crippen LogP contribution in [0.5, 0.6) is 0 Å². The molecule has 0 saturated carbocycles. The lowest BCUT2D eigenvalue weighted by molar-refractivity contribution is -0.142. The van der Waals surface area contributed by atoms with Crippen LogP contribution in [-0.4, -0.2) is 35.0 Å². The van der Waals surface area contributed by atoms with Gasteiger partial charge >= 0.3 is 5.97 Å². The summed E-state index contributed by atoms with van der Waals surface area (Å²) in [6.45, 7) is 5.59. The lowest BCUT2D eigenvalue weighted by Gasteiger charge is -2.18. The summed E-state index contributed by atoms with van der Waals surface area (Å²) in [5.41, 5.74) is 0.607. The van der Waals surface area contributed by atoms with Crippen molar-refractivity contribution in [1.82, 2.24) is 4.90 Å². The highest BCUT2D eigenvalue weighted by molar-refractivity contribution is 5.94. The normalized spacial score (nSPS) is 11.2. The summed E-state index contributed by atoms with van der Waals surface area (Å²) in [5, 5.41) is 8.56. The highest BCUT2D eigenvalue weighted by Crippen LogP contribution is 2.02. The van der Waals surface area contributed by atoms with Crippen molar-refractivity contribution in [2.24, 2.45) is 0 Å². The van der Waals surface area contributed by atoms with Crippen molar-refractivity contribution in [3.05, 3.63) is 11.6 Å². The molecule has 0 heterocycles. The van der Waals surface area contributed by atoms with Crippen LogP contribution in [0.4, 0.5) is 0 Å². The molecular weight excluding hydrogens is 182 g/mol. The van der Waals surface area contributed by atoms with E-state index in [0.717, 1.165) is 6.42 Å². The number of rotatable bonds is 5. The highest BCUT2D eigenvalue weighted by Gasteiger charge is 2.15. The predicted molar refractivity (Wildman–Crippen MR) is 53.9 cm³/mol. The first-order chi connectivity index (χ1) is 6.52. The Morgan fingerprint density at radius 2 is 1.93 bits per heavy atom. The van der Waals surface area contributed by atoms with Crippen molar-refractivity contribution in [3.63, 3.8) is 0 Å². The summed E-state index contributed by atoms with van der Waals surface area (Å²) in [4.78, 5) is 23.3. The molecule has 4 heteroatoms. The fourth-order valence-electron chi connectivity index (χ4n) is 1.13. The number of hydrogen-bond acceptors (Lipinski definition) is 2. The van der Waals surface area contributed by atoms with Gasteiger partial charge in [0.25, 0.3) is 0 Å². The molecule has 0 rings (SSSR count). The first-order valence-electron chi connectivity index (χ1n) is 4.70. The number of likely N-dealkylation sites (N-methyl/N-ethyl adjacent to an activating group) is 1. The minimum Gasteiger partial charge on any atom is -0.480 e. The van der Waals surface area contributed by atoms with Crippen LogP contribution in [0, 0.1) is 0 Å². The third-order valence-electron chi connectivity index (χ3n) is 1.84. The molecule has 14 heavy (non-hydrogen) atoms. The highest BCUT2D eigenvalue weighted by atomic mass is 16.4. The number of allylic oxidation sites excluding steroid dienone is 1. The van der Waals surface area contributed by atoms with E-state index in [1.807, 2.05) is 6.92 Å². The van der Waals surface area contributed by atoms with E-state index in [9.17, 15) is 9.59 Å². The smallest absolute Gasteiger partial charge is 0.323 e. The molecule has 0 aromatic carbocycles.